The van der Waals surface area contributed by atoms with Gasteiger partial charge in [-0.15, -0.1) is 0 Å². The van der Waals surface area contributed by atoms with Crippen molar-refractivity contribution >= 4 is 28.8 Å². The fourth-order valence-corrected chi connectivity index (χ4v) is 3.79. The van der Waals surface area contributed by atoms with Crippen molar-refractivity contribution in [2.24, 2.45) is 0 Å². The van der Waals surface area contributed by atoms with Crippen molar-refractivity contribution in [3.63, 3.8) is 0 Å². The average Bonchev–Trinajstić information content (AvgIpc) is 2.89. The summed E-state index contributed by atoms with van der Waals surface area (Å²) in [5.41, 5.74) is 3.52. The Morgan fingerprint density at radius 2 is 1.69 bits per heavy atom. The van der Waals surface area contributed by atoms with Crippen LogP contribution in [0.4, 0.5) is 5.95 Å². The molecule has 35 heavy (non-hydrogen) atoms. The molecule has 2 heterocycles. The predicted octanol–water partition coefficient (Wildman–Crippen LogP) is 5.03. The molecule has 1 unspecified atom stereocenters. The summed E-state index contributed by atoms with van der Waals surface area (Å²) in [6, 6.07) is 14.1. The van der Waals surface area contributed by atoms with Crippen LogP contribution < -0.4 is 10.1 Å². The molecule has 0 radical (unpaired) electrons. The molecule has 0 bridgehead atoms. The Morgan fingerprint density at radius 3 is 2.37 bits per heavy atom. The zero-order valence-corrected chi connectivity index (χ0v) is 19.8. The predicted molar refractivity (Wildman–Crippen MR) is 132 cm³/mol. The Hall–Kier alpha value is -4.33. The molecule has 4 aromatic rings. The van der Waals surface area contributed by atoms with Crippen LogP contribution >= 0.6 is 0 Å². The summed E-state index contributed by atoms with van der Waals surface area (Å²) in [7, 11) is 0. The van der Waals surface area contributed by atoms with Gasteiger partial charge >= 0.3 is 11.9 Å². The standard InChI is InChI=1S/C27H26N4O4/c1-4-22(32)35-25-21(16-17(3)20-8-6-13-28-24(20)25)23(31-27-29-14-7-15-30-27)18-9-11-19(12-10-18)26(33)34-5-2/h6-16,23H,4-5H2,1-3H3,(H,29,30,31). The van der Waals surface area contributed by atoms with Crippen LogP contribution in [0.2, 0.25) is 0 Å². The zero-order valence-electron chi connectivity index (χ0n) is 19.8. The molecular formula is C27H26N4O4. The largest absolute Gasteiger partial charge is 0.462 e. The van der Waals surface area contributed by atoms with Gasteiger partial charge in [-0.05, 0) is 55.3 Å². The monoisotopic (exact) mass is 470 g/mol. The maximum Gasteiger partial charge on any atom is 0.338 e. The lowest BCUT2D eigenvalue weighted by Crippen LogP contribution is -2.18. The molecule has 0 aliphatic heterocycles. The number of anilines is 1. The van der Waals surface area contributed by atoms with Gasteiger partial charge in [-0.1, -0.05) is 25.1 Å². The molecule has 0 saturated carbocycles. The fraction of sp³-hybridized carbons (Fsp3) is 0.222. The van der Waals surface area contributed by atoms with Crippen LogP contribution in [0.5, 0.6) is 5.75 Å². The number of fused-ring (bicyclic) bond motifs is 1. The molecule has 8 heteroatoms. The summed E-state index contributed by atoms with van der Waals surface area (Å²) in [5.74, 6) is 0.0205. The van der Waals surface area contributed by atoms with E-state index in [4.69, 9.17) is 9.47 Å². The van der Waals surface area contributed by atoms with Crippen LogP contribution in [0.1, 0.15) is 53.4 Å². The van der Waals surface area contributed by atoms with Gasteiger partial charge < -0.3 is 14.8 Å². The minimum absolute atomic E-state index is 0.218. The summed E-state index contributed by atoms with van der Waals surface area (Å²) < 4.78 is 10.9. The van der Waals surface area contributed by atoms with E-state index in [0.717, 1.165) is 16.5 Å². The number of aromatic nitrogens is 3. The lowest BCUT2D eigenvalue weighted by molar-refractivity contribution is -0.134. The number of aryl methyl sites for hydroxylation is 1. The molecule has 1 atom stereocenters. The van der Waals surface area contributed by atoms with Crippen molar-refractivity contribution in [3.05, 3.63) is 89.4 Å². The quantitative estimate of drug-likeness (QED) is 0.283. The molecule has 2 aromatic heterocycles. The molecule has 2 aromatic carbocycles. The highest BCUT2D eigenvalue weighted by Gasteiger charge is 2.25. The smallest absolute Gasteiger partial charge is 0.338 e. The molecule has 0 spiro atoms. The van der Waals surface area contributed by atoms with Gasteiger partial charge in [-0.3, -0.25) is 9.78 Å². The van der Waals surface area contributed by atoms with Gasteiger partial charge in [0.2, 0.25) is 5.95 Å². The molecule has 0 aliphatic rings. The number of nitrogens with zero attached hydrogens (tertiary/aromatic N) is 3. The summed E-state index contributed by atoms with van der Waals surface area (Å²) in [6.07, 6.45) is 5.17. The zero-order chi connectivity index (χ0) is 24.8. The van der Waals surface area contributed by atoms with Crippen molar-refractivity contribution in [1.29, 1.82) is 0 Å². The van der Waals surface area contributed by atoms with E-state index in [1.807, 2.05) is 37.3 Å². The van der Waals surface area contributed by atoms with Crippen molar-refractivity contribution in [3.8, 4) is 5.75 Å². The lowest BCUT2D eigenvalue weighted by Gasteiger charge is -2.24. The molecule has 8 nitrogen and oxygen atoms in total. The second kappa shape index (κ2) is 10.7. The average molecular weight is 471 g/mol. The lowest BCUT2D eigenvalue weighted by atomic mass is 9.93. The van der Waals surface area contributed by atoms with Crippen molar-refractivity contribution in [2.75, 3.05) is 11.9 Å². The minimum Gasteiger partial charge on any atom is -0.462 e. The maximum atomic E-state index is 12.4. The molecule has 0 saturated heterocycles. The van der Waals surface area contributed by atoms with E-state index in [1.54, 1.807) is 50.6 Å². The van der Waals surface area contributed by atoms with Gasteiger partial charge in [0.1, 0.15) is 5.52 Å². The number of pyridine rings is 1. The molecule has 178 valence electrons. The number of ether oxygens (including phenoxy) is 2. The number of esters is 2. The number of benzene rings is 2. The topological polar surface area (TPSA) is 103 Å². The number of carbonyl (C=O) groups is 2. The van der Waals surface area contributed by atoms with E-state index in [1.165, 1.54) is 0 Å². The molecule has 1 N–H and O–H groups in total. The van der Waals surface area contributed by atoms with Crippen LogP contribution in [0.3, 0.4) is 0 Å². The SMILES string of the molecule is CCOC(=O)c1ccc(C(Nc2ncccn2)c2cc(C)c3cccnc3c2OC(=O)CC)cc1. The second-order valence-electron chi connectivity index (χ2n) is 7.83. The number of hydrogen-bond acceptors (Lipinski definition) is 8. The first-order valence-electron chi connectivity index (χ1n) is 11.4. The van der Waals surface area contributed by atoms with E-state index in [-0.39, 0.29) is 12.4 Å². The van der Waals surface area contributed by atoms with E-state index in [2.05, 4.69) is 20.3 Å². The second-order valence-corrected chi connectivity index (χ2v) is 7.83. The van der Waals surface area contributed by atoms with Crippen LogP contribution in [-0.4, -0.2) is 33.5 Å². The van der Waals surface area contributed by atoms with Crippen molar-refractivity contribution < 1.29 is 19.1 Å². The maximum absolute atomic E-state index is 12.4. The third kappa shape index (κ3) is 5.27. The molecule has 0 amide bonds. The number of rotatable bonds is 8. The van der Waals surface area contributed by atoms with E-state index < -0.39 is 12.0 Å². The van der Waals surface area contributed by atoms with Gasteiger partial charge in [0.05, 0.1) is 18.2 Å². The Kier molecular flexibility index (Phi) is 7.30. The first-order valence-corrected chi connectivity index (χ1v) is 11.4. The highest BCUT2D eigenvalue weighted by atomic mass is 16.5. The Morgan fingerprint density at radius 1 is 0.971 bits per heavy atom. The Balaban J connectivity index is 1.89. The van der Waals surface area contributed by atoms with E-state index >= 15 is 0 Å². The Bertz CT molecular complexity index is 1340. The van der Waals surface area contributed by atoms with Crippen LogP contribution in [0.15, 0.2) is 67.1 Å². The van der Waals surface area contributed by atoms with E-state index in [9.17, 15) is 9.59 Å². The third-order valence-corrected chi connectivity index (χ3v) is 5.49. The highest BCUT2D eigenvalue weighted by Crippen LogP contribution is 2.39. The summed E-state index contributed by atoms with van der Waals surface area (Å²) >= 11 is 0. The van der Waals surface area contributed by atoms with Gasteiger partial charge in [0.15, 0.2) is 5.75 Å². The van der Waals surface area contributed by atoms with Gasteiger partial charge in [-0.2, -0.15) is 0 Å². The first-order chi connectivity index (χ1) is 17.0. The van der Waals surface area contributed by atoms with Crippen molar-refractivity contribution in [2.45, 2.75) is 33.2 Å². The van der Waals surface area contributed by atoms with Gasteiger partial charge in [0.25, 0.3) is 0 Å². The fourth-order valence-electron chi connectivity index (χ4n) is 3.79. The third-order valence-electron chi connectivity index (χ3n) is 5.49. The van der Waals surface area contributed by atoms with Crippen molar-refractivity contribution in [1.82, 2.24) is 15.0 Å². The normalized spacial score (nSPS) is 11.6. The molecule has 0 fully saturated rings. The first kappa shape index (κ1) is 23.8. The molecule has 0 aliphatic carbocycles. The highest BCUT2D eigenvalue weighted by molar-refractivity contribution is 5.92. The number of carbonyl (C=O) groups excluding carboxylic acids is 2. The molecular weight excluding hydrogens is 444 g/mol. The van der Waals surface area contributed by atoms with E-state index in [0.29, 0.717) is 34.9 Å². The summed E-state index contributed by atoms with van der Waals surface area (Å²) in [6.45, 7) is 5.79. The molecule has 4 rings (SSSR count). The van der Waals surface area contributed by atoms with Crippen LogP contribution in [-0.2, 0) is 9.53 Å². The van der Waals surface area contributed by atoms with Crippen LogP contribution in [0, 0.1) is 6.92 Å². The van der Waals surface area contributed by atoms with Gasteiger partial charge in [0, 0.05) is 36.0 Å². The number of nitrogens with one attached hydrogen (secondary N) is 1. The minimum atomic E-state index is -0.501. The Labute approximate surface area is 203 Å². The summed E-state index contributed by atoms with van der Waals surface area (Å²) in [5, 5.41) is 4.24. The van der Waals surface area contributed by atoms with Gasteiger partial charge in [-0.25, -0.2) is 14.8 Å². The van der Waals surface area contributed by atoms with Crippen LogP contribution in [0.25, 0.3) is 10.9 Å². The summed E-state index contributed by atoms with van der Waals surface area (Å²) in [4.78, 5) is 37.7. The number of hydrogen-bond donors (Lipinski definition) is 1.